The number of halogens is 3. The third-order valence-corrected chi connectivity index (χ3v) is 5.13. The van der Waals surface area contributed by atoms with Gasteiger partial charge < -0.3 is 15.5 Å². The molecule has 0 unspecified atom stereocenters. The van der Waals surface area contributed by atoms with Gasteiger partial charge in [0.1, 0.15) is 10.8 Å². The molecule has 0 aromatic carbocycles. The van der Waals surface area contributed by atoms with Crippen LogP contribution in [-0.2, 0) is 12.7 Å². The summed E-state index contributed by atoms with van der Waals surface area (Å²) in [6, 6.07) is 6.12. The van der Waals surface area contributed by atoms with E-state index in [0.717, 1.165) is 48.5 Å². The van der Waals surface area contributed by atoms with Crippen molar-refractivity contribution < 1.29 is 13.2 Å². The monoisotopic (exact) mass is 398 g/mol. The second-order valence-electron chi connectivity index (χ2n) is 6.14. The minimum atomic E-state index is -4.41. The Hall–Kier alpha value is -2.36. The lowest BCUT2D eigenvalue weighted by Gasteiger charge is -2.33. The van der Waals surface area contributed by atoms with E-state index in [9.17, 15) is 13.2 Å². The van der Waals surface area contributed by atoms with E-state index in [2.05, 4.69) is 30.5 Å². The highest BCUT2D eigenvalue weighted by atomic mass is 32.1. The van der Waals surface area contributed by atoms with Gasteiger partial charge in [-0.05, 0) is 25.0 Å². The van der Waals surface area contributed by atoms with Crippen LogP contribution in [0, 0.1) is 0 Å². The van der Waals surface area contributed by atoms with Gasteiger partial charge in [-0.25, -0.2) is 9.97 Å². The molecule has 1 aliphatic rings. The maximum atomic E-state index is 12.6. The Morgan fingerprint density at radius 3 is 2.70 bits per heavy atom. The van der Waals surface area contributed by atoms with Crippen molar-refractivity contribution in [3.05, 3.63) is 40.5 Å². The zero-order valence-electron chi connectivity index (χ0n) is 14.8. The molecule has 10 heteroatoms. The molecule has 0 saturated carbocycles. The predicted octanol–water partition coefficient (Wildman–Crippen LogP) is 2.89. The van der Waals surface area contributed by atoms with Gasteiger partial charge in [0.05, 0.1) is 6.54 Å². The molecule has 27 heavy (non-hydrogen) atoms. The lowest BCUT2D eigenvalue weighted by molar-refractivity contribution is -0.140. The van der Waals surface area contributed by atoms with E-state index < -0.39 is 11.9 Å². The molecule has 0 atom stereocenters. The van der Waals surface area contributed by atoms with Crippen molar-refractivity contribution in [1.29, 1.82) is 0 Å². The molecule has 3 heterocycles. The van der Waals surface area contributed by atoms with Crippen LogP contribution in [0.1, 0.15) is 23.5 Å². The van der Waals surface area contributed by atoms with Crippen LogP contribution in [0.15, 0.2) is 34.8 Å². The summed E-state index contributed by atoms with van der Waals surface area (Å²) in [5.41, 5.74) is -0.853. The highest BCUT2D eigenvalue weighted by Crippen LogP contribution is 2.29. The summed E-state index contributed by atoms with van der Waals surface area (Å²) in [6.07, 6.45) is -0.774. The standard InChI is InChI=1S/C17H21F3N6S/c1-21-16(23-10-15-25-13(11-27-15)17(18,19)20)24-12-5-8-26(9-6-12)14-4-2-3-7-22-14/h2-4,7,11-12H,5-6,8-10H2,1H3,(H2,21,23,24). The third kappa shape index (κ3) is 5.31. The number of anilines is 1. The number of aliphatic imine (C=N–C) groups is 1. The summed E-state index contributed by atoms with van der Waals surface area (Å²) in [6.45, 7) is 1.97. The Labute approximate surface area is 159 Å². The van der Waals surface area contributed by atoms with E-state index in [4.69, 9.17) is 0 Å². The van der Waals surface area contributed by atoms with Crippen molar-refractivity contribution in [3.8, 4) is 0 Å². The van der Waals surface area contributed by atoms with Crippen molar-refractivity contribution in [1.82, 2.24) is 20.6 Å². The molecule has 1 aliphatic heterocycles. The molecular formula is C17H21F3N6S. The van der Waals surface area contributed by atoms with Crippen LogP contribution in [0.3, 0.4) is 0 Å². The van der Waals surface area contributed by atoms with Crippen LogP contribution in [0.5, 0.6) is 0 Å². The van der Waals surface area contributed by atoms with E-state index in [1.54, 1.807) is 13.2 Å². The maximum absolute atomic E-state index is 12.6. The largest absolute Gasteiger partial charge is 0.434 e. The Kier molecular flexibility index (Phi) is 6.15. The van der Waals surface area contributed by atoms with E-state index in [0.29, 0.717) is 11.0 Å². The highest BCUT2D eigenvalue weighted by Gasteiger charge is 2.33. The lowest BCUT2D eigenvalue weighted by Crippen LogP contribution is -2.48. The van der Waals surface area contributed by atoms with Gasteiger partial charge in [0.25, 0.3) is 0 Å². The van der Waals surface area contributed by atoms with Gasteiger partial charge in [0.15, 0.2) is 11.7 Å². The van der Waals surface area contributed by atoms with Gasteiger partial charge in [0.2, 0.25) is 0 Å². The second-order valence-corrected chi connectivity index (χ2v) is 7.09. The second kappa shape index (κ2) is 8.55. The normalized spacial score (nSPS) is 16.4. The molecule has 1 fully saturated rings. The SMILES string of the molecule is CN=C(NCc1nc(C(F)(F)F)cs1)NC1CCN(c2ccccn2)CC1. The van der Waals surface area contributed by atoms with Gasteiger partial charge >= 0.3 is 6.18 Å². The molecule has 2 aromatic heterocycles. The smallest absolute Gasteiger partial charge is 0.356 e. The Balaban J connectivity index is 1.46. The number of alkyl halides is 3. The number of pyridine rings is 1. The van der Waals surface area contributed by atoms with Crippen LogP contribution < -0.4 is 15.5 Å². The first kappa shape index (κ1) is 19.4. The summed E-state index contributed by atoms with van der Waals surface area (Å²) in [5.74, 6) is 1.54. The summed E-state index contributed by atoms with van der Waals surface area (Å²) >= 11 is 0.983. The summed E-state index contributed by atoms with van der Waals surface area (Å²) in [5, 5.41) is 7.76. The van der Waals surface area contributed by atoms with Crippen LogP contribution in [0.2, 0.25) is 0 Å². The van der Waals surface area contributed by atoms with Crippen LogP contribution in [-0.4, -0.2) is 42.1 Å². The number of piperidine rings is 1. The number of nitrogens with zero attached hydrogens (tertiary/aromatic N) is 4. The molecule has 0 spiro atoms. The van der Waals surface area contributed by atoms with E-state index in [1.165, 1.54) is 0 Å². The fourth-order valence-corrected chi connectivity index (χ4v) is 3.60. The number of thiazole rings is 1. The average molecular weight is 398 g/mol. The summed E-state index contributed by atoms with van der Waals surface area (Å²) in [4.78, 5) is 14.4. The highest BCUT2D eigenvalue weighted by molar-refractivity contribution is 7.09. The van der Waals surface area contributed by atoms with Gasteiger partial charge in [0, 0.05) is 37.8 Å². The van der Waals surface area contributed by atoms with Crippen molar-refractivity contribution in [3.63, 3.8) is 0 Å². The molecule has 3 rings (SSSR count). The molecule has 0 aliphatic carbocycles. The first-order valence-electron chi connectivity index (χ1n) is 8.60. The Morgan fingerprint density at radius 1 is 1.33 bits per heavy atom. The zero-order chi connectivity index (χ0) is 19.3. The van der Waals surface area contributed by atoms with Crippen molar-refractivity contribution in [2.75, 3.05) is 25.0 Å². The first-order valence-corrected chi connectivity index (χ1v) is 9.48. The Morgan fingerprint density at radius 2 is 2.11 bits per heavy atom. The number of hydrogen-bond donors (Lipinski definition) is 2. The summed E-state index contributed by atoms with van der Waals surface area (Å²) < 4.78 is 37.8. The third-order valence-electron chi connectivity index (χ3n) is 4.28. The number of rotatable bonds is 4. The van der Waals surface area contributed by atoms with Crippen molar-refractivity contribution in [2.24, 2.45) is 4.99 Å². The fourth-order valence-electron chi connectivity index (χ4n) is 2.86. The van der Waals surface area contributed by atoms with Gasteiger partial charge in [-0.2, -0.15) is 13.2 Å². The van der Waals surface area contributed by atoms with Crippen LogP contribution in [0.25, 0.3) is 0 Å². The zero-order valence-corrected chi connectivity index (χ0v) is 15.6. The lowest BCUT2D eigenvalue weighted by atomic mass is 10.1. The number of aromatic nitrogens is 2. The first-order chi connectivity index (χ1) is 13.0. The van der Waals surface area contributed by atoms with E-state index in [1.807, 2.05) is 18.2 Å². The molecule has 0 radical (unpaired) electrons. The minimum Gasteiger partial charge on any atom is -0.356 e. The quantitative estimate of drug-likeness (QED) is 0.613. The molecule has 146 valence electrons. The van der Waals surface area contributed by atoms with Gasteiger partial charge in [-0.3, -0.25) is 4.99 Å². The molecule has 0 amide bonds. The molecule has 2 aromatic rings. The average Bonchev–Trinajstić information content (AvgIpc) is 3.16. The molecule has 6 nitrogen and oxygen atoms in total. The predicted molar refractivity (Wildman–Crippen MR) is 99.9 cm³/mol. The summed E-state index contributed by atoms with van der Waals surface area (Å²) in [7, 11) is 1.64. The van der Waals surface area contributed by atoms with Crippen molar-refractivity contribution in [2.45, 2.75) is 31.6 Å². The number of guanidine groups is 1. The minimum absolute atomic E-state index is 0.202. The van der Waals surface area contributed by atoms with Crippen LogP contribution >= 0.6 is 11.3 Å². The molecule has 1 saturated heterocycles. The maximum Gasteiger partial charge on any atom is 0.434 e. The van der Waals surface area contributed by atoms with Crippen molar-refractivity contribution >= 4 is 23.1 Å². The molecule has 2 N–H and O–H groups in total. The molecular weight excluding hydrogens is 377 g/mol. The number of nitrogens with one attached hydrogen (secondary N) is 2. The van der Waals surface area contributed by atoms with Gasteiger partial charge in [-0.15, -0.1) is 11.3 Å². The Bertz CT molecular complexity index is 754. The van der Waals surface area contributed by atoms with Gasteiger partial charge in [-0.1, -0.05) is 6.07 Å². The van der Waals surface area contributed by atoms with Crippen LogP contribution in [0.4, 0.5) is 19.0 Å². The number of hydrogen-bond acceptors (Lipinski definition) is 5. The fraction of sp³-hybridized carbons (Fsp3) is 0.471. The van der Waals surface area contributed by atoms with E-state index in [-0.39, 0.29) is 12.6 Å². The van der Waals surface area contributed by atoms with E-state index >= 15 is 0 Å². The topological polar surface area (TPSA) is 65.4 Å². The molecule has 0 bridgehead atoms.